The van der Waals surface area contributed by atoms with Crippen molar-refractivity contribution in [2.24, 2.45) is 32.9 Å². The van der Waals surface area contributed by atoms with Gasteiger partial charge in [-0.2, -0.15) is 11.8 Å². The van der Waals surface area contributed by atoms with E-state index in [0.717, 1.165) is 29.2 Å². The Kier molecular flexibility index (Phi) is 29.7. The van der Waals surface area contributed by atoms with Gasteiger partial charge in [0.1, 0.15) is 54.9 Å². The molecule has 1 aliphatic carbocycles. The molecular formula is C53H74N14O19S. The first-order valence-electron chi connectivity index (χ1n) is 27.1. The van der Waals surface area contributed by atoms with Gasteiger partial charge in [-0.1, -0.05) is 48.5 Å². The zero-order valence-electron chi connectivity index (χ0n) is 47.5. The molecule has 87 heavy (non-hydrogen) atoms. The van der Waals surface area contributed by atoms with Crippen LogP contribution in [0.3, 0.4) is 0 Å². The Hall–Kier alpha value is -9.76. The number of guanidine groups is 2. The molecule has 2 aromatic carbocycles. The van der Waals surface area contributed by atoms with E-state index in [1.54, 1.807) is 6.26 Å². The molecule has 0 aromatic heterocycles. The third kappa shape index (κ3) is 25.2. The molecule has 8 atom stereocenters. The summed E-state index contributed by atoms with van der Waals surface area (Å²) in [4.78, 5) is 177. The van der Waals surface area contributed by atoms with E-state index in [1.807, 2.05) is 53.8 Å². The Balaban J connectivity index is 1.88. The van der Waals surface area contributed by atoms with Crippen LogP contribution < -0.4 is 65.5 Å². The third-order valence-electron chi connectivity index (χ3n) is 13.0. The molecule has 33 nitrogen and oxygen atoms in total. The number of nitrogens with two attached hydrogens (primary N) is 4. The Morgan fingerprint density at radius 3 is 1.26 bits per heavy atom. The van der Waals surface area contributed by atoms with Crippen LogP contribution in [0, 0.1) is 0 Å². The second kappa shape index (κ2) is 36.2. The van der Waals surface area contributed by atoms with Gasteiger partial charge < -0.3 is 95.7 Å². The summed E-state index contributed by atoms with van der Waals surface area (Å²) in [7, 11) is 0. The number of fused-ring (bicyclic) bond motifs is 3. The fourth-order valence-corrected chi connectivity index (χ4v) is 9.17. The Bertz CT molecular complexity index is 2840. The maximum absolute atomic E-state index is 14.1. The van der Waals surface area contributed by atoms with Crippen molar-refractivity contribution in [2.45, 2.75) is 132 Å². The predicted molar refractivity (Wildman–Crippen MR) is 310 cm³/mol. The standard InChI is InChI=1S/C53H74N14O19S/c1-26(43(76)66-38(50(83)84)24-42(74)75)60-44(77)32(13-7-20-58-51(54)55)61-45(78)33(14-8-21-59-52(56)57)62-49(82)37(23-41(72)73)65-48(81)36(19-22-87-2)64-46(79)34(15-17-39(68)69)63-47(80)35(16-18-40(70)71)67-53(85)86-25-31-29-11-5-3-9-27(29)28-10-4-6-12-30(28)31/h3-6,9-12,26,31-38H,7-8,13-25H2,1-2H3,(H,60,77)(H,61,78)(H,62,82)(H,63,80)(H,64,79)(H,65,81)(H,66,76)(H,67,85)(H,68,69)(H,70,71)(H,72,73)(H,74,75)(H,83,84)(H4,54,55,58)(H4,56,57,59)/t26-,32-,33-,34-,35-,36-,37-,38-/m0/s1. The van der Waals surface area contributed by atoms with E-state index in [4.69, 9.17) is 32.8 Å². The number of carboxylic acid groups (broad SMARTS) is 5. The molecule has 0 heterocycles. The number of thioether (sulfide) groups is 1. The van der Waals surface area contributed by atoms with Crippen LogP contribution in [0.25, 0.3) is 11.1 Å². The SMILES string of the molecule is CSCC[C@H](NC(=O)[C@H](CCC(=O)O)NC(=O)[C@H](CCC(=O)O)NC(=O)OCC1c2ccccc2-c2ccccc21)C(=O)N[C@@H](CC(=O)O)C(=O)N[C@@H](CCCN=C(N)N)C(=O)N[C@@H](CCCN=C(N)N)C(=O)N[C@@H](C)C(=O)N[C@@H](CC(=O)O)C(=O)O. The minimum Gasteiger partial charge on any atom is -0.481 e. The highest BCUT2D eigenvalue weighted by Crippen LogP contribution is 2.44. The van der Waals surface area contributed by atoms with Crippen LogP contribution in [0.4, 0.5) is 4.79 Å². The van der Waals surface area contributed by atoms with Crippen LogP contribution in [0.15, 0.2) is 58.5 Å². The number of benzene rings is 2. The summed E-state index contributed by atoms with van der Waals surface area (Å²) >= 11 is 1.18. The molecule has 0 spiro atoms. The Labute approximate surface area is 501 Å². The van der Waals surface area contributed by atoms with E-state index >= 15 is 0 Å². The molecule has 34 heteroatoms. The lowest BCUT2D eigenvalue weighted by Crippen LogP contribution is -2.60. The van der Waals surface area contributed by atoms with Gasteiger partial charge in [-0.15, -0.1) is 0 Å². The Morgan fingerprint density at radius 2 is 0.851 bits per heavy atom. The van der Waals surface area contributed by atoms with Gasteiger partial charge >= 0.3 is 35.9 Å². The second-order valence-corrected chi connectivity index (χ2v) is 20.7. The number of carboxylic acids is 5. The van der Waals surface area contributed by atoms with E-state index in [2.05, 4.69) is 47.2 Å². The van der Waals surface area contributed by atoms with Crippen LogP contribution >= 0.6 is 11.8 Å². The molecule has 0 saturated heterocycles. The first-order chi connectivity index (χ1) is 41.1. The second-order valence-electron chi connectivity index (χ2n) is 19.7. The van der Waals surface area contributed by atoms with Crippen LogP contribution in [0.1, 0.15) is 94.6 Å². The lowest BCUT2D eigenvalue weighted by molar-refractivity contribution is -0.147. The highest BCUT2D eigenvalue weighted by molar-refractivity contribution is 7.98. The minimum absolute atomic E-state index is 0.000127. The molecule has 0 radical (unpaired) electrons. The average molecular weight is 1240 g/mol. The topological polar surface area (TPSA) is 557 Å². The van der Waals surface area contributed by atoms with E-state index in [9.17, 15) is 82.8 Å². The number of carbonyl (C=O) groups excluding carboxylic acids is 8. The molecule has 8 amide bonds. The van der Waals surface area contributed by atoms with E-state index in [1.165, 1.54) is 11.8 Å². The van der Waals surface area contributed by atoms with Crippen LogP contribution in [-0.4, -0.2) is 195 Å². The molecule has 21 N–H and O–H groups in total. The first-order valence-corrected chi connectivity index (χ1v) is 28.4. The van der Waals surface area contributed by atoms with Crippen molar-refractivity contribution in [3.05, 3.63) is 59.7 Å². The average Bonchev–Trinajstić information content (AvgIpc) is 1.71. The number of hydrogen-bond donors (Lipinski definition) is 17. The number of alkyl carbamates (subject to hydrolysis) is 1. The summed E-state index contributed by atoms with van der Waals surface area (Å²) in [5.74, 6) is -16.7. The molecule has 0 unspecified atom stereocenters. The van der Waals surface area contributed by atoms with Crippen molar-refractivity contribution in [3.63, 3.8) is 0 Å². The van der Waals surface area contributed by atoms with Crippen LogP contribution in [-0.2, 0) is 62.3 Å². The lowest BCUT2D eigenvalue weighted by Gasteiger charge is -2.27. The van der Waals surface area contributed by atoms with Crippen molar-refractivity contribution in [1.82, 2.24) is 42.5 Å². The van der Waals surface area contributed by atoms with E-state index in [-0.39, 0.29) is 69.5 Å². The first kappa shape index (κ1) is 71.5. The summed E-state index contributed by atoms with van der Waals surface area (Å²) in [6.45, 7) is 0.712. The number of aliphatic carboxylic acids is 5. The highest BCUT2D eigenvalue weighted by Gasteiger charge is 2.36. The summed E-state index contributed by atoms with van der Waals surface area (Å²) < 4.78 is 5.56. The third-order valence-corrected chi connectivity index (χ3v) is 13.7. The van der Waals surface area contributed by atoms with Gasteiger partial charge in [0.2, 0.25) is 41.4 Å². The fraction of sp³-hybridized carbons (Fsp3) is 0.491. The van der Waals surface area contributed by atoms with Gasteiger partial charge in [0, 0.05) is 31.8 Å². The Morgan fingerprint density at radius 1 is 0.483 bits per heavy atom. The normalized spacial score (nSPS) is 14.0. The molecule has 0 bridgehead atoms. The molecule has 0 aliphatic heterocycles. The summed E-state index contributed by atoms with van der Waals surface area (Å²) in [5.41, 5.74) is 25.3. The van der Waals surface area contributed by atoms with Crippen LogP contribution in [0.5, 0.6) is 0 Å². The van der Waals surface area contributed by atoms with Gasteiger partial charge in [-0.3, -0.25) is 62.7 Å². The van der Waals surface area contributed by atoms with Crippen LogP contribution in [0.2, 0.25) is 0 Å². The molecule has 476 valence electrons. The zero-order chi connectivity index (χ0) is 64.9. The molecule has 0 saturated carbocycles. The van der Waals surface area contributed by atoms with Gasteiger partial charge in [-0.05, 0) is 86.1 Å². The number of amides is 8. The van der Waals surface area contributed by atoms with Gasteiger partial charge in [0.05, 0.1) is 12.8 Å². The van der Waals surface area contributed by atoms with Crippen molar-refractivity contribution < 1.29 is 92.6 Å². The van der Waals surface area contributed by atoms with Crippen molar-refractivity contribution in [2.75, 3.05) is 31.7 Å². The number of hydrogen-bond acceptors (Lipinski definition) is 17. The number of rotatable bonds is 39. The molecule has 1 aliphatic rings. The number of nitrogens with one attached hydrogen (secondary N) is 8. The van der Waals surface area contributed by atoms with Crippen molar-refractivity contribution >= 4 is 101 Å². The number of carbonyl (C=O) groups is 13. The number of ether oxygens (including phenoxy) is 1. The number of aliphatic imine (C=N–C) groups is 2. The zero-order valence-corrected chi connectivity index (χ0v) is 48.3. The molecule has 0 fully saturated rings. The van der Waals surface area contributed by atoms with Gasteiger partial charge in [-0.25, -0.2) is 9.59 Å². The highest BCUT2D eigenvalue weighted by atomic mass is 32.2. The monoisotopic (exact) mass is 1240 g/mol. The van der Waals surface area contributed by atoms with Crippen molar-refractivity contribution in [3.8, 4) is 11.1 Å². The van der Waals surface area contributed by atoms with Crippen molar-refractivity contribution in [1.29, 1.82) is 0 Å². The maximum Gasteiger partial charge on any atom is 0.407 e. The summed E-state index contributed by atoms with van der Waals surface area (Å²) in [6.07, 6.45) is -5.07. The van der Waals surface area contributed by atoms with E-state index < -0.39 is 170 Å². The fourth-order valence-electron chi connectivity index (χ4n) is 8.70. The predicted octanol–water partition coefficient (Wildman–Crippen LogP) is -3.07. The quantitative estimate of drug-likeness (QED) is 0.0179. The molecule has 3 rings (SSSR count). The smallest absolute Gasteiger partial charge is 0.407 e. The largest absolute Gasteiger partial charge is 0.481 e. The summed E-state index contributed by atoms with van der Waals surface area (Å²) in [5, 5.41) is 65.9. The summed E-state index contributed by atoms with van der Waals surface area (Å²) in [6, 6.07) is 1.13. The maximum atomic E-state index is 14.1. The molecule has 2 aromatic rings. The molecular weight excluding hydrogens is 1170 g/mol. The minimum atomic E-state index is -2.02. The number of nitrogens with zero attached hydrogens (tertiary/aromatic N) is 2. The van der Waals surface area contributed by atoms with E-state index in [0.29, 0.717) is 0 Å². The lowest BCUT2D eigenvalue weighted by atomic mass is 9.98. The van der Waals surface area contributed by atoms with Gasteiger partial charge in [0.25, 0.3) is 0 Å². The van der Waals surface area contributed by atoms with Gasteiger partial charge in [0.15, 0.2) is 11.9 Å².